The van der Waals surface area contributed by atoms with Crippen LogP contribution in [0, 0.1) is 12.7 Å². The van der Waals surface area contributed by atoms with Crippen molar-refractivity contribution in [3.05, 3.63) is 83.2 Å². The van der Waals surface area contributed by atoms with Crippen LogP contribution in [0.1, 0.15) is 29.7 Å². The Labute approximate surface area is 198 Å². The zero-order valence-corrected chi connectivity index (χ0v) is 19.6. The molecule has 5 rings (SSSR count). The molecule has 1 N–H and O–H groups in total. The minimum Gasteiger partial charge on any atom is -0.495 e. The standard InChI is InChI=1S/C26H29FN4O3/c1-18-15-30(17-28-18)23-11-6-19(14-24(23)33-3)13-20-5-4-12-31-25(20)29(2)34-26(31,16-32)21-7-9-22(27)10-8-21/h6-11,13-15,17,25,32H,4-5,12,16H2,1-3H3. The molecule has 8 heteroatoms. The van der Waals surface area contributed by atoms with Crippen LogP contribution in [0.4, 0.5) is 4.39 Å². The predicted molar refractivity (Wildman–Crippen MR) is 127 cm³/mol. The number of likely N-dealkylation sites (N-methyl/N-ethyl adjacent to an activating group) is 1. The second-order valence-electron chi connectivity index (χ2n) is 8.83. The number of aliphatic hydroxyl groups is 1. The maximum absolute atomic E-state index is 13.6. The Morgan fingerprint density at radius 3 is 2.74 bits per heavy atom. The van der Waals surface area contributed by atoms with Crippen LogP contribution in [0.2, 0.25) is 0 Å². The van der Waals surface area contributed by atoms with Gasteiger partial charge in [-0.05, 0) is 55.2 Å². The van der Waals surface area contributed by atoms with Gasteiger partial charge in [-0.2, -0.15) is 5.06 Å². The summed E-state index contributed by atoms with van der Waals surface area (Å²) in [7, 11) is 3.54. The van der Waals surface area contributed by atoms with Crippen LogP contribution < -0.4 is 4.74 Å². The molecule has 2 fully saturated rings. The summed E-state index contributed by atoms with van der Waals surface area (Å²) in [5.41, 5.74) is 3.74. The molecule has 0 saturated carbocycles. The maximum atomic E-state index is 13.6. The predicted octanol–water partition coefficient (Wildman–Crippen LogP) is 3.86. The van der Waals surface area contributed by atoms with Crippen molar-refractivity contribution in [3.8, 4) is 11.4 Å². The molecule has 2 aromatic carbocycles. The van der Waals surface area contributed by atoms with Crippen LogP contribution >= 0.6 is 0 Å². The summed E-state index contributed by atoms with van der Waals surface area (Å²) < 4.78 is 21.2. The van der Waals surface area contributed by atoms with Gasteiger partial charge >= 0.3 is 0 Å². The zero-order valence-electron chi connectivity index (χ0n) is 19.6. The van der Waals surface area contributed by atoms with Crippen molar-refractivity contribution in [3.63, 3.8) is 0 Å². The van der Waals surface area contributed by atoms with Crippen LogP contribution in [-0.2, 0) is 10.6 Å². The van der Waals surface area contributed by atoms with E-state index < -0.39 is 5.72 Å². The smallest absolute Gasteiger partial charge is 0.193 e. The van der Waals surface area contributed by atoms with Gasteiger partial charge in [0.05, 0.1) is 31.4 Å². The molecule has 0 radical (unpaired) electrons. The fourth-order valence-corrected chi connectivity index (χ4v) is 5.10. The molecule has 3 aromatic rings. The lowest BCUT2D eigenvalue weighted by Gasteiger charge is -2.40. The normalized spacial score (nSPS) is 24.5. The van der Waals surface area contributed by atoms with Crippen molar-refractivity contribution in [2.75, 3.05) is 27.3 Å². The number of imidazole rings is 1. The molecule has 2 saturated heterocycles. The van der Waals surface area contributed by atoms with Gasteiger partial charge in [0.2, 0.25) is 0 Å². The molecular formula is C26H29FN4O3. The van der Waals surface area contributed by atoms with E-state index in [0.717, 1.165) is 47.6 Å². The Balaban J connectivity index is 1.49. The summed E-state index contributed by atoms with van der Waals surface area (Å²) >= 11 is 0. The van der Waals surface area contributed by atoms with Crippen molar-refractivity contribution in [1.82, 2.24) is 19.5 Å². The zero-order chi connectivity index (χ0) is 23.9. The molecule has 0 amide bonds. The van der Waals surface area contributed by atoms with E-state index in [0.29, 0.717) is 0 Å². The molecule has 0 bridgehead atoms. The number of benzene rings is 2. The van der Waals surface area contributed by atoms with Crippen LogP contribution in [0.15, 0.2) is 60.6 Å². The van der Waals surface area contributed by atoms with Crippen LogP contribution in [0.25, 0.3) is 11.8 Å². The summed E-state index contributed by atoms with van der Waals surface area (Å²) in [6.07, 6.45) is 7.59. The Bertz CT molecular complexity index is 1210. The summed E-state index contributed by atoms with van der Waals surface area (Å²) in [6, 6.07) is 12.3. The number of halogens is 1. The van der Waals surface area contributed by atoms with Crippen molar-refractivity contribution in [2.45, 2.75) is 31.7 Å². The minimum absolute atomic E-state index is 0.145. The lowest BCUT2D eigenvalue weighted by atomic mass is 9.93. The molecule has 2 aliphatic rings. The van der Waals surface area contributed by atoms with Crippen LogP contribution in [0.5, 0.6) is 5.75 Å². The number of piperidine rings is 1. The molecule has 0 aliphatic carbocycles. The number of fused-ring (bicyclic) bond motifs is 1. The first-order valence-corrected chi connectivity index (χ1v) is 11.4. The average Bonchev–Trinajstić information content (AvgIpc) is 3.41. The number of methoxy groups -OCH3 is 1. The molecule has 178 valence electrons. The van der Waals surface area contributed by atoms with Gasteiger partial charge in [-0.3, -0.25) is 4.84 Å². The third-order valence-electron chi connectivity index (χ3n) is 6.65. The second kappa shape index (κ2) is 8.96. The van der Waals surface area contributed by atoms with Gasteiger partial charge in [0.15, 0.2) is 5.72 Å². The molecule has 3 heterocycles. The number of ether oxygens (including phenoxy) is 1. The quantitative estimate of drug-likeness (QED) is 0.619. The highest BCUT2D eigenvalue weighted by Crippen LogP contribution is 2.45. The number of hydrogen-bond acceptors (Lipinski definition) is 6. The molecule has 7 nitrogen and oxygen atoms in total. The monoisotopic (exact) mass is 464 g/mol. The Hall–Kier alpha value is -3.04. The van der Waals surface area contributed by atoms with E-state index >= 15 is 0 Å². The first-order chi connectivity index (χ1) is 16.4. The van der Waals surface area contributed by atoms with E-state index in [-0.39, 0.29) is 18.6 Å². The van der Waals surface area contributed by atoms with Crippen molar-refractivity contribution >= 4 is 6.08 Å². The topological polar surface area (TPSA) is 63.0 Å². The van der Waals surface area contributed by atoms with E-state index in [2.05, 4.69) is 22.0 Å². The number of rotatable bonds is 5. The molecule has 0 spiro atoms. The van der Waals surface area contributed by atoms with Crippen molar-refractivity contribution in [1.29, 1.82) is 0 Å². The van der Waals surface area contributed by atoms with E-state index in [1.54, 1.807) is 30.6 Å². The molecule has 1 aromatic heterocycles. The van der Waals surface area contributed by atoms with Crippen LogP contribution in [-0.4, -0.2) is 58.1 Å². The second-order valence-corrected chi connectivity index (χ2v) is 8.83. The molecule has 2 aliphatic heterocycles. The van der Waals surface area contributed by atoms with Gasteiger partial charge in [0.1, 0.15) is 17.7 Å². The van der Waals surface area contributed by atoms with Gasteiger partial charge in [-0.1, -0.05) is 24.3 Å². The van der Waals surface area contributed by atoms with Crippen molar-refractivity contribution < 1.29 is 19.1 Å². The number of nitrogens with zero attached hydrogens (tertiary/aromatic N) is 4. The van der Waals surface area contributed by atoms with E-state index in [1.165, 1.54) is 17.7 Å². The molecular weight excluding hydrogens is 435 g/mol. The number of aliphatic hydroxyl groups excluding tert-OH is 1. The lowest BCUT2D eigenvalue weighted by Crippen LogP contribution is -2.51. The maximum Gasteiger partial charge on any atom is 0.193 e. The number of hydrogen-bond donors (Lipinski definition) is 1. The fourth-order valence-electron chi connectivity index (χ4n) is 5.10. The third kappa shape index (κ3) is 3.82. The van der Waals surface area contributed by atoms with E-state index in [9.17, 15) is 9.50 Å². The number of aryl methyl sites for hydroxylation is 1. The van der Waals surface area contributed by atoms with Gasteiger partial charge in [-0.25, -0.2) is 14.3 Å². The lowest BCUT2D eigenvalue weighted by molar-refractivity contribution is -0.222. The van der Waals surface area contributed by atoms with Gasteiger partial charge < -0.3 is 14.4 Å². The first-order valence-electron chi connectivity index (χ1n) is 11.4. The molecule has 2 atom stereocenters. The van der Waals surface area contributed by atoms with Gasteiger partial charge in [0, 0.05) is 25.4 Å². The summed E-state index contributed by atoms with van der Waals surface area (Å²) in [4.78, 5) is 12.7. The average molecular weight is 465 g/mol. The fraction of sp³-hybridized carbons (Fsp3) is 0.346. The van der Waals surface area contributed by atoms with Crippen molar-refractivity contribution in [2.24, 2.45) is 0 Å². The summed E-state index contributed by atoms with van der Waals surface area (Å²) in [5, 5.41) is 12.2. The molecule has 2 unspecified atom stereocenters. The number of aromatic nitrogens is 2. The summed E-state index contributed by atoms with van der Waals surface area (Å²) in [5.74, 6) is 0.439. The summed E-state index contributed by atoms with van der Waals surface area (Å²) in [6.45, 7) is 2.47. The highest BCUT2D eigenvalue weighted by atomic mass is 19.1. The number of hydroxylamine groups is 2. The van der Waals surface area contributed by atoms with Crippen LogP contribution in [0.3, 0.4) is 0 Å². The third-order valence-corrected chi connectivity index (χ3v) is 6.65. The molecule has 34 heavy (non-hydrogen) atoms. The Kier molecular flexibility index (Phi) is 5.99. The highest BCUT2D eigenvalue weighted by molar-refractivity contribution is 5.61. The largest absolute Gasteiger partial charge is 0.495 e. The van der Waals surface area contributed by atoms with Gasteiger partial charge in [0.25, 0.3) is 0 Å². The first kappa shape index (κ1) is 22.7. The Morgan fingerprint density at radius 2 is 2.06 bits per heavy atom. The SMILES string of the molecule is COc1cc(C=C2CCCN3C2N(C)OC3(CO)c2ccc(F)cc2)ccc1-n1cnc(C)c1. The van der Waals surface area contributed by atoms with Gasteiger partial charge in [-0.15, -0.1) is 0 Å². The van der Waals surface area contributed by atoms with E-state index in [4.69, 9.17) is 9.57 Å². The van der Waals surface area contributed by atoms with E-state index in [1.807, 2.05) is 36.9 Å². The Morgan fingerprint density at radius 1 is 1.26 bits per heavy atom. The minimum atomic E-state index is -1.05. The highest BCUT2D eigenvalue weighted by Gasteiger charge is 2.54.